The Bertz CT molecular complexity index is 1840. The van der Waals surface area contributed by atoms with Crippen LogP contribution in [0.1, 0.15) is 33.4 Å². The van der Waals surface area contributed by atoms with Crippen molar-refractivity contribution in [2.75, 3.05) is 0 Å². The normalized spacial score (nSPS) is 11.2. The summed E-state index contributed by atoms with van der Waals surface area (Å²) in [7, 11) is 0. The predicted molar refractivity (Wildman–Crippen MR) is 158 cm³/mol. The van der Waals surface area contributed by atoms with Crippen molar-refractivity contribution in [3.8, 4) is 34.6 Å². The maximum Gasteiger partial charge on any atom is 0.417 e. The van der Waals surface area contributed by atoms with E-state index in [2.05, 4.69) is 0 Å². The van der Waals surface area contributed by atoms with Crippen LogP contribution in [0.15, 0.2) is 108 Å². The number of rotatable bonds is 8. The van der Waals surface area contributed by atoms with Crippen molar-refractivity contribution >= 4 is 0 Å². The van der Waals surface area contributed by atoms with Gasteiger partial charge in [0.15, 0.2) is 0 Å². The Hall–Kier alpha value is -5.29. The fraction of sp³-hybridized carbons (Fsp3) is 0.143. The van der Waals surface area contributed by atoms with Gasteiger partial charge in [-0.25, -0.2) is 0 Å². The summed E-state index contributed by atoms with van der Waals surface area (Å²) >= 11 is 0. The second-order valence-electron chi connectivity index (χ2n) is 10.1. The van der Waals surface area contributed by atoms with E-state index < -0.39 is 22.9 Å². The van der Waals surface area contributed by atoms with Crippen LogP contribution in [-0.2, 0) is 19.3 Å². The third kappa shape index (κ3) is 6.79. The molecule has 5 nitrogen and oxygen atoms in total. The van der Waals surface area contributed by atoms with Gasteiger partial charge in [0.2, 0.25) is 0 Å². The van der Waals surface area contributed by atoms with Crippen LogP contribution in [0.25, 0.3) is 11.3 Å². The van der Waals surface area contributed by atoms with Crippen LogP contribution in [0.4, 0.5) is 13.2 Å². The van der Waals surface area contributed by atoms with Crippen LogP contribution in [-0.4, -0.2) is 4.57 Å². The Morgan fingerprint density at radius 1 is 0.814 bits per heavy atom. The highest BCUT2D eigenvalue weighted by molar-refractivity contribution is 5.64. The van der Waals surface area contributed by atoms with Gasteiger partial charge in [0.25, 0.3) is 5.56 Å². The monoisotopic (exact) mass is 580 g/mol. The molecular formula is C35H27F3N2O3. The van der Waals surface area contributed by atoms with E-state index in [1.54, 1.807) is 48.5 Å². The first-order valence-corrected chi connectivity index (χ1v) is 13.5. The van der Waals surface area contributed by atoms with Crippen LogP contribution in [0.5, 0.6) is 17.2 Å². The first-order valence-electron chi connectivity index (χ1n) is 13.5. The predicted octanol–water partition coefficient (Wildman–Crippen LogP) is 8.44. The molecule has 0 aliphatic carbocycles. The standard InChI is InChI=1S/C35H27F3N2O3/c1-23-8-9-27(24(2)18-23)21-40-33(19-32(35(36,37)38)31(20-39)34(40)41)26-10-12-29(13-11-26)43-30-16-14-28(15-17-30)42-22-25-6-4-3-5-7-25/h3-19H,21-22H2,1-2H3. The minimum absolute atomic E-state index is 0.00401. The van der Waals surface area contributed by atoms with Crippen molar-refractivity contribution in [3.05, 3.63) is 147 Å². The molecule has 43 heavy (non-hydrogen) atoms. The highest BCUT2D eigenvalue weighted by Gasteiger charge is 2.36. The van der Waals surface area contributed by atoms with Gasteiger partial charge < -0.3 is 14.0 Å². The zero-order valence-electron chi connectivity index (χ0n) is 23.5. The second kappa shape index (κ2) is 12.3. The molecule has 0 atom stereocenters. The average Bonchev–Trinajstić information content (AvgIpc) is 2.99. The third-order valence-corrected chi connectivity index (χ3v) is 7.00. The lowest BCUT2D eigenvalue weighted by atomic mass is 10.0. The number of halogens is 3. The summed E-state index contributed by atoms with van der Waals surface area (Å²) in [6.45, 7) is 4.24. The Morgan fingerprint density at radius 3 is 2.05 bits per heavy atom. The van der Waals surface area contributed by atoms with Gasteiger partial charge in [-0.05, 0) is 90.7 Å². The van der Waals surface area contributed by atoms with E-state index in [4.69, 9.17) is 9.47 Å². The highest BCUT2D eigenvalue weighted by Crippen LogP contribution is 2.35. The zero-order valence-corrected chi connectivity index (χ0v) is 23.5. The number of aromatic nitrogens is 1. The maximum absolute atomic E-state index is 13.9. The summed E-state index contributed by atoms with van der Waals surface area (Å²) < 4.78 is 54.7. The Balaban J connectivity index is 1.42. The lowest BCUT2D eigenvalue weighted by molar-refractivity contribution is -0.137. The average molecular weight is 581 g/mol. The van der Waals surface area contributed by atoms with Crippen molar-refractivity contribution < 1.29 is 22.6 Å². The molecule has 5 aromatic rings. The number of pyridine rings is 1. The van der Waals surface area contributed by atoms with Gasteiger partial charge in [-0.1, -0.05) is 54.1 Å². The summed E-state index contributed by atoms with van der Waals surface area (Å²) in [6.07, 6.45) is -4.88. The molecule has 0 saturated carbocycles. The van der Waals surface area contributed by atoms with E-state index in [-0.39, 0.29) is 12.2 Å². The van der Waals surface area contributed by atoms with Crippen LogP contribution >= 0.6 is 0 Å². The Labute approximate surface area is 247 Å². The minimum atomic E-state index is -4.88. The van der Waals surface area contributed by atoms with E-state index in [9.17, 15) is 23.2 Å². The molecule has 0 fully saturated rings. The summed E-state index contributed by atoms with van der Waals surface area (Å²) in [6, 6.07) is 31.3. The number of benzene rings is 4. The quantitative estimate of drug-likeness (QED) is 0.185. The Morgan fingerprint density at radius 2 is 1.44 bits per heavy atom. The van der Waals surface area contributed by atoms with Crippen molar-refractivity contribution in [1.29, 1.82) is 5.26 Å². The molecule has 0 bridgehead atoms. The van der Waals surface area contributed by atoms with Crippen LogP contribution in [0, 0.1) is 25.2 Å². The van der Waals surface area contributed by atoms with Crippen molar-refractivity contribution in [2.45, 2.75) is 33.2 Å². The van der Waals surface area contributed by atoms with E-state index in [0.29, 0.717) is 29.4 Å². The summed E-state index contributed by atoms with van der Waals surface area (Å²) in [5.74, 6) is 1.67. The van der Waals surface area contributed by atoms with Gasteiger partial charge in [0, 0.05) is 0 Å². The molecule has 0 amide bonds. The van der Waals surface area contributed by atoms with Gasteiger partial charge in [0.1, 0.15) is 35.5 Å². The molecule has 0 radical (unpaired) electrons. The van der Waals surface area contributed by atoms with Crippen molar-refractivity contribution in [3.63, 3.8) is 0 Å². The molecular weight excluding hydrogens is 553 g/mol. The van der Waals surface area contributed by atoms with Gasteiger partial charge in [-0.15, -0.1) is 0 Å². The molecule has 216 valence electrons. The van der Waals surface area contributed by atoms with Gasteiger partial charge in [-0.3, -0.25) is 4.79 Å². The summed E-state index contributed by atoms with van der Waals surface area (Å²) in [5.41, 5.74) is 0.929. The van der Waals surface area contributed by atoms with Crippen LogP contribution in [0.3, 0.4) is 0 Å². The molecule has 0 aliphatic heterocycles. The summed E-state index contributed by atoms with van der Waals surface area (Å²) in [5, 5.41) is 9.49. The molecule has 0 N–H and O–H groups in total. The molecule has 4 aromatic carbocycles. The third-order valence-electron chi connectivity index (χ3n) is 7.00. The molecule has 0 unspecified atom stereocenters. The number of nitriles is 1. The number of aryl methyl sites for hydroxylation is 2. The SMILES string of the molecule is Cc1ccc(Cn2c(-c3ccc(Oc4ccc(OCc5ccccc5)cc4)cc3)cc(C(F)(F)F)c(C#N)c2=O)c(C)c1. The first kappa shape index (κ1) is 29.2. The number of alkyl halides is 3. The van der Waals surface area contributed by atoms with Crippen molar-refractivity contribution in [1.82, 2.24) is 4.57 Å². The number of hydrogen-bond donors (Lipinski definition) is 0. The van der Waals surface area contributed by atoms with E-state index >= 15 is 0 Å². The smallest absolute Gasteiger partial charge is 0.417 e. The number of nitrogens with zero attached hydrogens (tertiary/aromatic N) is 2. The zero-order chi connectivity index (χ0) is 30.6. The molecule has 1 heterocycles. The molecule has 5 rings (SSSR count). The number of ether oxygens (including phenoxy) is 2. The molecule has 0 saturated heterocycles. The molecule has 0 spiro atoms. The fourth-order valence-electron chi connectivity index (χ4n) is 4.74. The van der Waals surface area contributed by atoms with E-state index in [1.165, 1.54) is 10.6 Å². The first-order chi connectivity index (χ1) is 20.6. The Kier molecular flexibility index (Phi) is 8.35. The second-order valence-corrected chi connectivity index (χ2v) is 10.1. The summed E-state index contributed by atoms with van der Waals surface area (Å²) in [4.78, 5) is 13.3. The van der Waals surface area contributed by atoms with Crippen LogP contribution < -0.4 is 15.0 Å². The lowest BCUT2D eigenvalue weighted by Gasteiger charge is -2.19. The fourth-order valence-corrected chi connectivity index (χ4v) is 4.74. The van der Waals surface area contributed by atoms with E-state index in [1.807, 2.05) is 62.4 Å². The maximum atomic E-state index is 13.9. The van der Waals surface area contributed by atoms with E-state index in [0.717, 1.165) is 28.3 Å². The van der Waals surface area contributed by atoms with Gasteiger partial charge >= 0.3 is 6.18 Å². The molecule has 1 aromatic heterocycles. The number of hydrogen-bond acceptors (Lipinski definition) is 4. The topological polar surface area (TPSA) is 64.2 Å². The van der Waals surface area contributed by atoms with Gasteiger partial charge in [-0.2, -0.15) is 18.4 Å². The van der Waals surface area contributed by atoms with Crippen LogP contribution in [0.2, 0.25) is 0 Å². The minimum Gasteiger partial charge on any atom is -0.489 e. The highest BCUT2D eigenvalue weighted by atomic mass is 19.4. The largest absolute Gasteiger partial charge is 0.489 e. The molecule has 8 heteroatoms. The van der Waals surface area contributed by atoms with Gasteiger partial charge in [0.05, 0.1) is 17.8 Å². The van der Waals surface area contributed by atoms with Crippen molar-refractivity contribution in [2.24, 2.45) is 0 Å². The molecule has 0 aliphatic rings. The lowest BCUT2D eigenvalue weighted by Crippen LogP contribution is -2.29.